The van der Waals surface area contributed by atoms with Gasteiger partial charge in [-0.1, -0.05) is 19.3 Å². The van der Waals surface area contributed by atoms with Crippen LogP contribution in [0.3, 0.4) is 0 Å². The Kier molecular flexibility index (Phi) is 3.54. The minimum Gasteiger partial charge on any atom is -0.379 e. The van der Waals surface area contributed by atoms with Crippen LogP contribution in [0.2, 0.25) is 0 Å². The summed E-state index contributed by atoms with van der Waals surface area (Å²) >= 11 is 0. The highest BCUT2D eigenvalue weighted by Crippen LogP contribution is 2.22. The molecule has 0 bridgehead atoms. The average Bonchev–Trinajstić information content (AvgIpc) is 2.78. The fourth-order valence-electron chi connectivity index (χ4n) is 2.64. The number of methoxy groups -OCH3 is 1. The van der Waals surface area contributed by atoms with E-state index >= 15 is 0 Å². The molecule has 2 atom stereocenters. The molecule has 0 unspecified atom stereocenters. The monoisotopic (exact) mass is 262 g/mol. The number of fused-ring (bicyclic) bond motifs is 1. The van der Waals surface area contributed by atoms with Crippen LogP contribution in [0.1, 0.15) is 32.1 Å². The normalized spacial score (nSPS) is 24.3. The van der Waals surface area contributed by atoms with E-state index in [4.69, 9.17) is 4.74 Å². The largest absolute Gasteiger partial charge is 0.379 e. The summed E-state index contributed by atoms with van der Waals surface area (Å²) in [7, 11) is 1.78. The van der Waals surface area contributed by atoms with Crippen LogP contribution in [-0.2, 0) is 4.74 Å². The maximum atomic E-state index is 5.59. The highest BCUT2D eigenvalue weighted by Gasteiger charge is 2.23. The summed E-state index contributed by atoms with van der Waals surface area (Å²) < 4.78 is 7.02. The van der Waals surface area contributed by atoms with E-state index in [1.165, 1.54) is 23.9 Å². The molecule has 0 spiro atoms. The van der Waals surface area contributed by atoms with Gasteiger partial charge in [-0.15, -0.1) is 14.8 Å². The topological polar surface area (TPSA) is 77.2 Å². The van der Waals surface area contributed by atoms with Crippen molar-refractivity contribution in [2.75, 3.05) is 12.4 Å². The highest BCUT2D eigenvalue weighted by molar-refractivity contribution is 5.42. The van der Waals surface area contributed by atoms with Crippen molar-refractivity contribution in [1.29, 1.82) is 0 Å². The van der Waals surface area contributed by atoms with Crippen LogP contribution < -0.4 is 5.32 Å². The lowest BCUT2D eigenvalue weighted by Crippen LogP contribution is -2.34. The zero-order valence-corrected chi connectivity index (χ0v) is 11.0. The molecule has 7 heteroatoms. The second kappa shape index (κ2) is 5.48. The summed E-state index contributed by atoms with van der Waals surface area (Å²) in [5.74, 6) is 0.786. The number of nitrogens with one attached hydrogen (secondary N) is 1. The van der Waals surface area contributed by atoms with Gasteiger partial charge in [-0.3, -0.25) is 0 Å². The maximum absolute atomic E-state index is 5.59. The van der Waals surface area contributed by atoms with Crippen molar-refractivity contribution in [3.05, 3.63) is 12.1 Å². The molecule has 0 aromatic carbocycles. The van der Waals surface area contributed by atoms with E-state index in [0.717, 1.165) is 18.7 Å². The Morgan fingerprint density at radius 2 is 2.16 bits per heavy atom. The molecule has 1 fully saturated rings. The van der Waals surface area contributed by atoms with Crippen molar-refractivity contribution >= 4 is 11.5 Å². The molecule has 2 heterocycles. The highest BCUT2D eigenvalue weighted by atomic mass is 16.5. The first-order chi connectivity index (χ1) is 9.36. The number of aromatic nitrogens is 5. The molecule has 19 heavy (non-hydrogen) atoms. The molecule has 0 radical (unpaired) electrons. The summed E-state index contributed by atoms with van der Waals surface area (Å²) in [5.41, 5.74) is 0.648. The number of ether oxygens (including phenoxy) is 1. The van der Waals surface area contributed by atoms with Gasteiger partial charge in [0, 0.05) is 7.11 Å². The summed E-state index contributed by atoms with van der Waals surface area (Å²) in [5, 5.41) is 19.0. The quantitative estimate of drug-likeness (QED) is 0.840. The molecule has 1 N–H and O–H groups in total. The van der Waals surface area contributed by atoms with Crippen LogP contribution in [0, 0.1) is 0 Å². The Morgan fingerprint density at radius 1 is 1.26 bits per heavy atom. The Bertz CT molecular complexity index is 542. The zero-order valence-electron chi connectivity index (χ0n) is 11.0. The van der Waals surface area contributed by atoms with E-state index in [0.29, 0.717) is 11.7 Å². The standard InChI is InChI=1S/C12H18N6O/c1-19-10-6-4-2-3-5-9(10)13-11-7-8-12-14-16-17-18(12)15-11/h7-10H,2-6H2,1H3,(H,13,15)/t9-,10-/m1/s1. The van der Waals surface area contributed by atoms with Crippen LogP contribution in [0.5, 0.6) is 0 Å². The molecular weight excluding hydrogens is 244 g/mol. The van der Waals surface area contributed by atoms with Crippen LogP contribution in [0.25, 0.3) is 5.65 Å². The first-order valence-corrected chi connectivity index (χ1v) is 6.71. The van der Waals surface area contributed by atoms with Crippen LogP contribution in [-0.4, -0.2) is 44.5 Å². The van der Waals surface area contributed by atoms with Crippen LogP contribution in [0.15, 0.2) is 12.1 Å². The molecule has 0 saturated heterocycles. The fraction of sp³-hybridized carbons (Fsp3) is 0.667. The second-order valence-electron chi connectivity index (χ2n) is 4.91. The molecule has 2 aromatic rings. The predicted octanol–water partition coefficient (Wildman–Crippen LogP) is 1.28. The lowest BCUT2D eigenvalue weighted by atomic mass is 10.1. The molecule has 1 aliphatic carbocycles. The molecular formula is C12H18N6O. The van der Waals surface area contributed by atoms with Gasteiger partial charge in [-0.25, -0.2) is 0 Å². The molecule has 1 aliphatic rings. The molecule has 7 nitrogen and oxygen atoms in total. The van der Waals surface area contributed by atoms with Gasteiger partial charge in [-0.2, -0.15) is 0 Å². The summed E-state index contributed by atoms with van der Waals surface area (Å²) in [6.07, 6.45) is 6.18. The first kappa shape index (κ1) is 12.3. The van der Waals surface area contributed by atoms with Gasteiger partial charge in [0.05, 0.1) is 12.1 Å². The van der Waals surface area contributed by atoms with Crippen molar-refractivity contribution in [2.24, 2.45) is 0 Å². The maximum Gasteiger partial charge on any atom is 0.200 e. The Morgan fingerprint density at radius 3 is 3.05 bits per heavy atom. The van der Waals surface area contributed by atoms with Gasteiger partial charge in [0.15, 0.2) is 5.65 Å². The van der Waals surface area contributed by atoms with E-state index in [1.54, 1.807) is 7.11 Å². The van der Waals surface area contributed by atoms with Gasteiger partial charge in [0.1, 0.15) is 5.82 Å². The van der Waals surface area contributed by atoms with Gasteiger partial charge < -0.3 is 10.1 Å². The number of tetrazole rings is 1. The molecule has 1 saturated carbocycles. The number of anilines is 1. The van der Waals surface area contributed by atoms with Crippen molar-refractivity contribution in [1.82, 2.24) is 25.3 Å². The summed E-state index contributed by atoms with van der Waals surface area (Å²) in [4.78, 5) is 0. The SMILES string of the molecule is CO[C@@H]1CCCCC[C@H]1Nc1ccc2nnnn2n1. The Balaban J connectivity index is 1.77. The van der Waals surface area contributed by atoms with Crippen molar-refractivity contribution in [2.45, 2.75) is 44.2 Å². The number of hydrogen-bond donors (Lipinski definition) is 1. The van der Waals surface area contributed by atoms with Crippen LogP contribution in [0.4, 0.5) is 5.82 Å². The molecule has 102 valence electrons. The average molecular weight is 262 g/mol. The Labute approximate surface area is 111 Å². The minimum atomic E-state index is 0.244. The third-order valence-corrected chi connectivity index (χ3v) is 3.66. The molecule has 0 aliphatic heterocycles. The lowest BCUT2D eigenvalue weighted by molar-refractivity contribution is 0.0805. The second-order valence-corrected chi connectivity index (χ2v) is 4.91. The third-order valence-electron chi connectivity index (χ3n) is 3.66. The van der Waals surface area contributed by atoms with E-state index < -0.39 is 0 Å². The first-order valence-electron chi connectivity index (χ1n) is 6.71. The van der Waals surface area contributed by atoms with E-state index in [-0.39, 0.29) is 6.10 Å². The molecule has 3 rings (SSSR count). The van der Waals surface area contributed by atoms with E-state index in [2.05, 4.69) is 25.9 Å². The predicted molar refractivity (Wildman–Crippen MR) is 69.9 cm³/mol. The van der Waals surface area contributed by atoms with Gasteiger partial charge in [-0.05, 0) is 35.4 Å². The summed E-state index contributed by atoms with van der Waals surface area (Å²) in [6, 6.07) is 4.06. The van der Waals surface area contributed by atoms with Gasteiger partial charge in [0.25, 0.3) is 0 Å². The minimum absolute atomic E-state index is 0.244. The number of nitrogens with zero attached hydrogens (tertiary/aromatic N) is 5. The third kappa shape index (κ3) is 2.65. The van der Waals surface area contributed by atoms with Gasteiger partial charge >= 0.3 is 0 Å². The van der Waals surface area contributed by atoms with Crippen molar-refractivity contribution in [3.63, 3.8) is 0 Å². The molecule has 2 aromatic heterocycles. The van der Waals surface area contributed by atoms with E-state index in [9.17, 15) is 0 Å². The van der Waals surface area contributed by atoms with E-state index in [1.807, 2.05) is 12.1 Å². The van der Waals surface area contributed by atoms with Crippen molar-refractivity contribution < 1.29 is 4.74 Å². The lowest BCUT2D eigenvalue weighted by Gasteiger charge is -2.25. The van der Waals surface area contributed by atoms with Crippen LogP contribution >= 0.6 is 0 Å². The smallest absolute Gasteiger partial charge is 0.200 e. The molecule has 0 amide bonds. The summed E-state index contributed by atoms with van der Waals surface area (Å²) in [6.45, 7) is 0. The zero-order chi connectivity index (χ0) is 13.1. The van der Waals surface area contributed by atoms with Gasteiger partial charge in [0.2, 0.25) is 0 Å². The van der Waals surface area contributed by atoms with Crippen molar-refractivity contribution in [3.8, 4) is 0 Å². The number of hydrogen-bond acceptors (Lipinski definition) is 6. The number of rotatable bonds is 3. The Hall–Kier alpha value is -1.76. The fourth-order valence-corrected chi connectivity index (χ4v) is 2.64.